The van der Waals surface area contributed by atoms with Crippen molar-refractivity contribution in [3.63, 3.8) is 0 Å². The maximum atomic E-state index is 8.11. The van der Waals surface area contributed by atoms with Crippen molar-refractivity contribution in [3.8, 4) is 0 Å². The third-order valence-electron chi connectivity index (χ3n) is 1.42. The topological polar surface area (TPSA) is 29.0 Å². The molecule has 1 aliphatic heterocycles. The van der Waals surface area contributed by atoms with Crippen LogP contribution >= 0.6 is 15.9 Å². The molecule has 1 aromatic heterocycles. The maximum Gasteiger partial charge on any atom is 0.147 e. The minimum Gasteiger partial charge on any atom is -0.355 e. The average Bonchev–Trinajstić information content (AvgIpc) is 2.45. The summed E-state index contributed by atoms with van der Waals surface area (Å²) in [7, 11) is 0. The first kappa shape index (κ1) is 2.94. The second kappa shape index (κ2) is 4.26. The van der Waals surface area contributed by atoms with E-state index in [1.807, 2.05) is 0 Å². The van der Waals surface area contributed by atoms with Crippen LogP contribution in [-0.2, 0) is 0 Å². The number of halogens is 1. The summed E-state index contributed by atoms with van der Waals surface area (Å²) in [4.78, 5) is 7.55. The second-order valence-electron chi connectivity index (χ2n) is 2.38. The van der Waals surface area contributed by atoms with E-state index in [1.54, 1.807) is 0 Å². The standard InChI is InChI=1S/C10H14BrN3/c1-8-2-4-14(5-3-8)10-7-12-9(11)6-13-10/h6-8H,2-5H2,1H3/i1D3,2D2,3D2,4D2,5D2,8D. The van der Waals surface area contributed by atoms with Crippen LogP contribution in [0.5, 0.6) is 0 Å². The van der Waals surface area contributed by atoms with Crippen LogP contribution in [0.25, 0.3) is 0 Å². The highest BCUT2D eigenvalue weighted by atomic mass is 79.9. The van der Waals surface area contributed by atoms with Gasteiger partial charge in [-0.3, -0.25) is 0 Å². The summed E-state index contributed by atoms with van der Waals surface area (Å²) in [6, 6.07) is 0. The number of anilines is 1. The van der Waals surface area contributed by atoms with Crippen molar-refractivity contribution < 1.29 is 16.4 Å². The summed E-state index contributed by atoms with van der Waals surface area (Å²) in [6.07, 6.45) is -5.36. The lowest BCUT2D eigenvalue weighted by atomic mass is 9.99. The van der Waals surface area contributed by atoms with Gasteiger partial charge < -0.3 is 4.90 Å². The predicted molar refractivity (Wildman–Crippen MR) is 60.3 cm³/mol. The summed E-state index contributed by atoms with van der Waals surface area (Å²) in [5.74, 6) is -4.30. The van der Waals surface area contributed by atoms with Crippen molar-refractivity contribution in [3.05, 3.63) is 17.0 Å². The Kier molecular flexibility index (Phi) is 0.893. The molecule has 0 aliphatic carbocycles. The highest BCUT2D eigenvalue weighted by Gasteiger charge is 2.16. The normalized spacial score (nSPS) is 48.8. The zero-order valence-electron chi connectivity index (χ0n) is 18.9. The van der Waals surface area contributed by atoms with E-state index in [0.717, 1.165) is 12.4 Å². The Morgan fingerprint density at radius 3 is 2.93 bits per heavy atom. The van der Waals surface area contributed by atoms with Crippen molar-refractivity contribution >= 4 is 21.7 Å². The quantitative estimate of drug-likeness (QED) is 0.783. The van der Waals surface area contributed by atoms with Gasteiger partial charge in [-0.25, -0.2) is 9.97 Å². The summed E-state index contributed by atoms with van der Waals surface area (Å²) >= 11 is 2.98. The molecule has 1 fully saturated rings. The number of hydrogen-bond acceptors (Lipinski definition) is 3. The fourth-order valence-corrected chi connectivity index (χ4v) is 1.02. The van der Waals surface area contributed by atoms with Gasteiger partial charge in [-0.05, 0) is 34.6 Å². The number of hydrogen-bond donors (Lipinski definition) is 0. The molecule has 1 saturated heterocycles. The van der Waals surface area contributed by atoms with E-state index >= 15 is 0 Å². The molecular formula is C10H14BrN3. The lowest BCUT2D eigenvalue weighted by molar-refractivity contribution is 0.436. The Hall–Kier alpha value is -0.640. The molecule has 0 N–H and O–H groups in total. The van der Waals surface area contributed by atoms with Crippen molar-refractivity contribution in [2.24, 2.45) is 5.89 Å². The molecule has 1 aromatic rings. The Labute approximate surface area is 110 Å². The summed E-state index contributed by atoms with van der Waals surface area (Å²) in [5.41, 5.74) is 0. The minimum absolute atomic E-state index is 0.0674. The molecule has 4 heteroatoms. The lowest BCUT2D eigenvalue weighted by Gasteiger charge is -2.30. The molecule has 0 saturated carbocycles. The van der Waals surface area contributed by atoms with E-state index in [0.29, 0.717) is 0 Å². The Bertz CT molecular complexity index is 672. The molecule has 2 rings (SSSR count). The largest absolute Gasteiger partial charge is 0.355 e. The first-order chi connectivity index (χ1) is 11.4. The number of rotatable bonds is 1. The van der Waals surface area contributed by atoms with Gasteiger partial charge in [0.1, 0.15) is 10.4 Å². The van der Waals surface area contributed by atoms with Crippen molar-refractivity contribution in [1.29, 1.82) is 0 Å². The smallest absolute Gasteiger partial charge is 0.147 e. The van der Waals surface area contributed by atoms with Gasteiger partial charge in [-0.2, -0.15) is 0 Å². The van der Waals surface area contributed by atoms with Gasteiger partial charge in [-0.15, -0.1) is 0 Å². The summed E-state index contributed by atoms with van der Waals surface area (Å²) in [5, 5.41) is 0. The van der Waals surface area contributed by atoms with Crippen molar-refractivity contribution in [2.45, 2.75) is 19.6 Å². The van der Waals surface area contributed by atoms with Gasteiger partial charge in [0.2, 0.25) is 0 Å². The molecule has 0 unspecified atom stereocenters. The fraction of sp³-hybridized carbons (Fsp3) is 0.600. The minimum atomic E-state index is -3.75. The fourth-order valence-electron chi connectivity index (χ4n) is 0.818. The molecule has 3 nitrogen and oxygen atoms in total. The zero-order chi connectivity index (χ0) is 20.6. The molecule has 0 radical (unpaired) electrons. The maximum absolute atomic E-state index is 8.11. The van der Waals surface area contributed by atoms with Crippen LogP contribution in [0.15, 0.2) is 17.0 Å². The molecule has 1 aliphatic rings. The van der Waals surface area contributed by atoms with Crippen LogP contribution in [0, 0.1) is 5.89 Å². The Balaban J connectivity index is 2.86. The van der Waals surface area contributed by atoms with E-state index in [9.17, 15) is 0 Å². The van der Waals surface area contributed by atoms with Crippen LogP contribution in [0.2, 0.25) is 0 Å². The molecule has 14 heavy (non-hydrogen) atoms. The monoisotopic (exact) mass is 267 g/mol. The average molecular weight is 268 g/mol. The molecular weight excluding hydrogens is 242 g/mol. The highest BCUT2D eigenvalue weighted by molar-refractivity contribution is 9.10. The summed E-state index contributed by atoms with van der Waals surface area (Å²) in [6.45, 7) is -10.6. The van der Waals surface area contributed by atoms with Crippen LogP contribution in [0.3, 0.4) is 0 Å². The van der Waals surface area contributed by atoms with Crippen molar-refractivity contribution in [2.75, 3.05) is 17.9 Å². The van der Waals surface area contributed by atoms with Gasteiger partial charge in [0.25, 0.3) is 0 Å². The predicted octanol–water partition coefficient (Wildman–Crippen LogP) is 2.48. The molecule has 0 atom stereocenters. The Morgan fingerprint density at radius 2 is 2.36 bits per heavy atom. The third-order valence-corrected chi connectivity index (χ3v) is 1.83. The van der Waals surface area contributed by atoms with E-state index in [2.05, 4.69) is 25.9 Å². The van der Waals surface area contributed by atoms with Crippen LogP contribution in [-0.4, -0.2) is 23.0 Å². The van der Waals surface area contributed by atoms with Crippen molar-refractivity contribution in [1.82, 2.24) is 9.97 Å². The first-order valence-corrected chi connectivity index (χ1v) is 4.44. The second-order valence-corrected chi connectivity index (χ2v) is 3.19. The van der Waals surface area contributed by atoms with E-state index in [4.69, 9.17) is 16.4 Å². The molecule has 0 aromatic carbocycles. The molecule has 0 spiro atoms. The van der Waals surface area contributed by atoms with Gasteiger partial charge in [0.05, 0.1) is 12.4 Å². The first-order valence-electron chi connectivity index (χ1n) is 9.65. The Morgan fingerprint density at radius 1 is 1.57 bits per heavy atom. The van der Waals surface area contributed by atoms with Gasteiger partial charge >= 0.3 is 0 Å². The molecule has 0 bridgehead atoms. The van der Waals surface area contributed by atoms with Gasteiger partial charge in [0.15, 0.2) is 0 Å². The summed E-state index contributed by atoms with van der Waals surface area (Å²) < 4.78 is 95.3. The number of aromatic nitrogens is 2. The molecule has 0 amide bonds. The number of piperidine rings is 1. The van der Waals surface area contributed by atoms with Crippen LogP contribution in [0.4, 0.5) is 5.82 Å². The lowest BCUT2D eigenvalue weighted by Crippen LogP contribution is -2.33. The number of nitrogens with zero attached hydrogens (tertiary/aromatic N) is 3. The van der Waals surface area contributed by atoms with E-state index < -0.39 is 44.3 Å². The third kappa shape index (κ3) is 2.23. The van der Waals surface area contributed by atoms with E-state index in [1.165, 1.54) is 0 Å². The zero-order valence-corrected chi connectivity index (χ0v) is 8.46. The SMILES string of the molecule is [2H]C([2H])([2H])C1([2H])C([2H])([2H])C([2H])([2H])N(c2cnc(Br)cn2)C([2H])([2H])C1([2H])[2H]. The van der Waals surface area contributed by atoms with Crippen LogP contribution in [0.1, 0.15) is 36.0 Å². The van der Waals surface area contributed by atoms with Gasteiger partial charge in [-0.1, -0.05) is 6.85 Å². The van der Waals surface area contributed by atoms with Gasteiger partial charge in [0, 0.05) is 29.4 Å². The molecule has 2 heterocycles. The van der Waals surface area contributed by atoms with Crippen LogP contribution < -0.4 is 4.90 Å². The molecule has 76 valence electrons. The van der Waals surface area contributed by atoms with E-state index in [-0.39, 0.29) is 9.50 Å². The highest BCUT2D eigenvalue weighted by Crippen LogP contribution is 2.20.